The van der Waals surface area contributed by atoms with Crippen molar-refractivity contribution in [3.63, 3.8) is 0 Å². The molecule has 9 nitrogen and oxygen atoms in total. The first-order valence-corrected chi connectivity index (χ1v) is 22.3. The predicted octanol–water partition coefficient (Wildman–Crippen LogP) is 6.25. The van der Waals surface area contributed by atoms with Crippen LogP contribution in [0.1, 0.15) is 61.8 Å². The number of ether oxygens (including phenoxy) is 2. The zero-order chi connectivity index (χ0) is 37.7. The second-order valence-electron chi connectivity index (χ2n) is 15.4. The van der Waals surface area contributed by atoms with Crippen LogP contribution in [0.2, 0.25) is 18.6 Å². The number of aliphatic hydroxyl groups excluding tert-OH is 2. The van der Waals surface area contributed by atoms with Crippen molar-refractivity contribution >= 4 is 31.6 Å². The number of hydrogen-bond acceptors (Lipinski definition) is 7. The molecule has 0 radical (unpaired) electrons. The van der Waals surface area contributed by atoms with Crippen LogP contribution in [0.4, 0.5) is 15.5 Å². The Morgan fingerprint density at radius 3 is 2.45 bits per heavy atom. The van der Waals surface area contributed by atoms with Gasteiger partial charge in [0.05, 0.1) is 49.6 Å². The molecule has 6 rings (SSSR count). The van der Waals surface area contributed by atoms with E-state index in [1.807, 2.05) is 67.6 Å². The largest absolute Gasteiger partial charge is 0.494 e. The molecule has 0 aromatic heterocycles. The lowest BCUT2D eigenvalue weighted by molar-refractivity contribution is -0.138. The van der Waals surface area contributed by atoms with E-state index in [9.17, 15) is 19.8 Å². The van der Waals surface area contributed by atoms with E-state index in [-0.39, 0.29) is 55.1 Å². The van der Waals surface area contributed by atoms with Crippen LogP contribution in [0.25, 0.3) is 0 Å². The normalized spacial score (nSPS) is 24.2. The second kappa shape index (κ2) is 17.2. The van der Waals surface area contributed by atoms with Crippen molar-refractivity contribution in [2.24, 2.45) is 5.92 Å². The number of halogens is 1. The molecule has 3 aliphatic rings. The first-order chi connectivity index (χ1) is 25.5. The number of aryl methyl sites for hydroxylation is 1. The lowest BCUT2D eigenvalue weighted by Gasteiger charge is -2.37. The maximum Gasteiger partial charge on any atom is 0.249 e. The molecule has 0 aliphatic carbocycles. The summed E-state index contributed by atoms with van der Waals surface area (Å²) in [6.07, 6.45) is 3.43. The molecular formula is C42H56FN3O6Si. The molecule has 53 heavy (non-hydrogen) atoms. The summed E-state index contributed by atoms with van der Waals surface area (Å²) in [7, 11) is -3.20. The average Bonchev–Trinajstić information content (AvgIpc) is 3.47. The molecule has 3 aromatic rings. The molecule has 11 heteroatoms. The van der Waals surface area contributed by atoms with E-state index in [1.54, 1.807) is 22.9 Å². The van der Waals surface area contributed by atoms with Crippen molar-refractivity contribution < 1.29 is 33.4 Å². The summed E-state index contributed by atoms with van der Waals surface area (Å²) in [6, 6.07) is 21.3. The second-order valence-corrected chi connectivity index (χ2v) is 19.2. The van der Waals surface area contributed by atoms with Crippen LogP contribution in [-0.4, -0.2) is 86.0 Å². The number of amides is 2. The van der Waals surface area contributed by atoms with Gasteiger partial charge in [-0.05, 0) is 124 Å². The number of carbonyl (C=O) groups is 2. The van der Waals surface area contributed by atoms with Gasteiger partial charge < -0.3 is 34.0 Å². The van der Waals surface area contributed by atoms with Gasteiger partial charge in [-0.1, -0.05) is 43.3 Å². The Morgan fingerprint density at radius 1 is 1.00 bits per heavy atom. The minimum atomic E-state index is -3.20. The molecule has 1 fully saturated rings. The highest BCUT2D eigenvalue weighted by atomic mass is 28.4. The molecule has 3 N–H and O–H groups in total. The van der Waals surface area contributed by atoms with E-state index in [4.69, 9.17) is 9.47 Å². The van der Waals surface area contributed by atoms with Crippen LogP contribution >= 0.6 is 0 Å². The summed E-state index contributed by atoms with van der Waals surface area (Å²) in [6.45, 7) is 9.10. The van der Waals surface area contributed by atoms with E-state index >= 15 is 4.11 Å². The lowest BCUT2D eigenvalue weighted by Crippen LogP contribution is -2.49. The number of nitrogens with one attached hydrogen (secondary N) is 1. The summed E-state index contributed by atoms with van der Waals surface area (Å²) in [5, 5.41) is 22.8. The zero-order valence-electron chi connectivity index (χ0n) is 31.6. The first kappa shape index (κ1) is 39.1. The Balaban J connectivity index is 1.13. The van der Waals surface area contributed by atoms with Gasteiger partial charge in [-0.2, -0.15) is 0 Å². The molecule has 3 aromatic carbocycles. The summed E-state index contributed by atoms with van der Waals surface area (Å²) in [5.74, 6) is 0.619. The summed E-state index contributed by atoms with van der Waals surface area (Å²) >= 11 is 0. The highest BCUT2D eigenvalue weighted by Crippen LogP contribution is 2.47. The quantitative estimate of drug-likeness (QED) is 0.0959. The molecular weight excluding hydrogens is 690 g/mol. The van der Waals surface area contributed by atoms with Crippen molar-refractivity contribution in [1.82, 2.24) is 10.2 Å². The number of anilines is 2. The number of benzene rings is 3. The fourth-order valence-electron chi connectivity index (χ4n) is 8.75. The molecule has 0 spiro atoms. The van der Waals surface area contributed by atoms with Crippen molar-refractivity contribution in [3.8, 4) is 5.75 Å². The van der Waals surface area contributed by atoms with Crippen molar-refractivity contribution in [2.45, 2.75) is 108 Å². The van der Waals surface area contributed by atoms with Gasteiger partial charge in [-0.3, -0.25) is 14.5 Å². The highest BCUT2D eigenvalue weighted by molar-refractivity contribution is 6.72. The lowest BCUT2D eigenvalue weighted by atomic mass is 9.93. The number of carbonyl (C=O) groups excluding carboxylic acids is 2. The summed E-state index contributed by atoms with van der Waals surface area (Å²) < 4.78 is 28.3. The Hall–Kier alpha value is -3.61. The minimum absolute atomic E-state index is 0.0182. The predicted molar refractivity (Wildman–Crippen MR) is 208 cm³/mol. The molecule has 1 unspecified atom stereocenters. The van der Waals surface area contributed by atoms with Crippen LogP contribution in [0.15, 0.2) is 66.7 Å². The Bertz CT molecular complexity index is 1720. The van der Waals surface area contributed by atoms with Gasteiger partial charge >= 0.3 is 0 Å². The van der Waals surface area contributed by atoms with Crippen LogP contribution in [0.5, 0.6) is 5.75 Å². The van der Waals surface area contributed by atoms with E-state index in [2.05, 4.69) is 18.3 Å². The molecule has 0 bridgehead atoms. The number of aliphatic hydroxyl groups is 2. The van der Waals surface area contributed by atoms with Gasteiger partial charge in [0.1, 0.15) is 5.75 Å². The molecule has 286 valence electrons. The van der Waals surface area contributed by atoms with E-state index in [1.165, 1.54) is 0 Å². The molecule has 6 atom stereocenters. The van der Waals surface area contributed by atoms with Crippen LogP contribution in [0.3, 0.4) is 0 Å². The Kier molecular flexibility index (Phi) is 12.7. The van der Waals surface area contributed by atoms with Crippen LogP contribution in [0, 0.1) is 5.92 Å². The monoisotopic (exact) mass is 745 g/mol. The third-order valence-electron chi connectivity index (χ3n) is 11.4. The van der Waals surface area contributed by atoms with Crippen molar-refractivity contribution in [3.05, 3.63) is 89.0 Å². The first-order valence-electron chi connectivity index (χ1n) is 19.4. The molecule has 3 aliphatic heterocycles. The Morgan fingerprint density at radius 2 is 1.75 bits per heavy atom. The van der Waals surface area contributed by atoms with E-state index < -0.39 is 20.6 Å². The van der Waals surface area contributed by atoms with Crippen LogP contribution < -0.4 is 15.0 Å². The number of fused-ring (bicyclic) bond motifs is 2. The third-order valence-corrected chi connectivity index (χ3v) is 13.9. The maximum absolute atomic E-state index is 16.0. The van der Waals surface area contributed by atoms with E-state index in [0.29, 0.717) is 51.8 Å². The van der Waals surface area contributed by atoms with Gasteiger partial charge in [0.15, 0.2) is 0 Å². The summed E-state index contributed by atoms with van der Waals surface area (Å²) in [5.41, 5.74) is 5.66. The zero-order valence-corrected chi connectivity index (χ0v) is 32.6. The van der Waals surface area contributed by atoms with Gasteiger partial charge in [0.2, 0.25) is 20.2 Å². The van der Waals surface area contributed by atoms with E-state index in [0.717, 1.165) is 45.8 Å². The topological polar surface area (TPSA) is 112 Å². The highest BCUT2D eigenvalue weighted by Gasteiger charge is 2.52. The maximum atomic E-state index is 16.0. The number of rotatable bonds is 15. The van der Waals surface area contributed by atoms with Gasteiger partial charge in [-0.25, -0.2) is 0 Å². The Labute approximate surface area is 314 Å². The van der Waals surface area contributed by atoms with Crippen molar-refractivity contribution in [1.29, 1.82) is 0 Å². The SMILES string of the molecule is CCOc1ccc2c(c1)CC(NCCCCO)C(=O)N2c1ccc(CC[C@H]2O[C@@H](CC(=O)N3Cc4ccccc4C[C@H]3CO)[C@H]([Si](C)(C)F)[C@H]2C)cc1. The molecule has 1 saturated heterocycles. The number of hydrogen-bond donors (Lipinski definition) is 3. The third kappa shape index (κ3) is 8.86. The van der Waals surface area contributed by atoms with Gasteiger partial charge in [0.25, 0.3) is 0 Å². The fraction of sp³-hybridized carbons (Fsp3) is 0.524. The molecule has 0 saturated carbocycles. The van der Waals surface area contributed by atoms with Crippen LogP contribution in [-0.2, 0) is 40.1 Å². The average molecular weight is 746 g/mol. The fourth-order valence-corrected chi connectivity index (χ4v) is 11.3. The van der Waals surface area contributed by atoms with Gasteiger partial charge in [0, 0.05) is 24.4 Å². The van der Waals surface area contributed by atoms with Crippen molar-refractivity contribution in [2.75, 3.05) is 31.3 Å². The molecule has 2 amide bonds. The molecule has 3 heterocycles. The number of unbranched alkanes of at least 4 members (excludes halogenated alkanes) is 1. The summed E-state index contributed by atoms with van der Waals surface area (Å²) in [4.78, 5) is 31.2. The smallest absolute Gasteiger partial charge is 0.249 e. The minimum Gasteiger partial charge on any atom is -0.494 e. The standard InChI is InChI=1S/C42H56FN3O6Si/c1-5-51-35-17-18-37-32(23-35)24-36(44-20-8-9-21-47)42(50)46(37)33-15-12-29(13-16-33)14-19-38-28(2)41(53(3,4)43)39(52-38)25-40(49)45-26-31-11-7-6-10-30(31)22-34(45)27-48/h6-7,10-13,15-18,23,28,34,36,38-39,41,44,47-48H,5,8-9,14,19-22,24-27H2,1-4H3/t28-,34-,36?,38+,39-,41+/m0/s1. The van der Waals surface area contributed by atoms with Gasteiger partial charge in [-0.15, -0.1) is 0 Å². The number of nitrogens with zero attached hydrogens (tertiary/aromatic N) is 2.